The molecule has 0 bridgehead atoms. The minimum Gasteiger partial charge on any atom is -0.497 e. The number of nitrogens with one attached hydrogen (secondary N) is 2. The summed E-state index contributed by atoms with van der Waals surface area (Å²) in [6, 6.07) is 10.7. The fraction of sp³-hybridized carbons (Fsp3) is 0.500. The fourth-order valence-electron chi connectivity index (χ4n) is 3.32. The van der Waals surface area contributed by atoms with Gasteiger partial charge in [-0.05, 0) is 43.9 Å². The fourth-order valence-corrected chi connectivity index (χ4v) is 3.32. The van der Waals surface area contributed by atoms with Gasteiger partial charge >= 0.3 is 0 Å². The van der Waals surface area contributed by atoms with Crippen molar-refractivity contribution in [1.29, 1.82) is 0 Å². The van der Waals surface area contributed by atoms with Crippen LogP contribution < -0.4 is 15.4 Å². The second-order valence-corrected chi connectivity index (χ2v) is 6.73. The number of aryl methyl sites for hydroxylation is 1. The smallest absolute Gasteiger partial charge is 0.225 e. The molecule has 25 heavy (non-hydrogen) atoms. The molecule has 1 heterocycles. The summed E-state index contributed by atoms with van der Waals surface area (Å²) in [6.07, 6.45) is 7.31. The number of aromatic nitrogens is 2. The van der Waals surface area contributed by atoms with Crippen molar-refractivity contribution in [3.63, 3.8) is 0 Å². The summed E-state index contributed by atoms with van der Waals surface area (Å²) in [4.78, 5) is 9.17. The lowest BCUT2D eigenvalue weighted by Crippen LogP contribution is -2.24. The van der Waals surface area contributed by atoms with Crippen LogP contribution in [0.4, 0.5) is 11.8 Å². The number of benzene rings is 1. The van der Waals surface area contributed by atoms with Crippen LogP contribution in [0.2, 0.25) is 0 Å². The predicted molar refractivity (Wildman–Crippen MR) is 102 cm³/mol. The Morgan fingerprint density at radius 2 is 1.96 bits per heavy atom. The van der Waals surface area contributed by atoms with E-state index in [-0.39, 0.29) is 0 Å². The number of anilines is 2. The molecule has 0 unspecified atom stereocenters. The number of hydrogen-bond donors (Lipinski definition) is 2. The predicted octanol–water partition coefficient (Wildman–Crippen LogP) is 4.19. The van der Waals surface area contributed by atoms with Crippen LogP contribution in [0, 0.1) is 6.92 Å². The molecule has 1 aromatic carbocycles. The monoisotopic (exact) mass is 340 g/mol. The lowest BCUT2D eigenvalue weighted by atomic mass is 9.96. The molecule has 0 amide bonds. The zero-order chi connectivity index (χ0) is 17.5. The Hall–Kier alpha value is -2.30. The maximum Gasteiger partial charge on any atom is 0.225 e. The zero-order valence-electron chi connectivity index (χ0n) is 15.2. The number of methoxy groups -OCH3 is 1. The molecule has 0 atom stereocenters. The first-order chi connectivity index (χ1) is 12.2. The van der Waals surface area contributed by atoms with E-state index in [0.717, 1.165) is 36.2 Å². The highest BCUT2D eigenvalue weighted by molar-refractivity contribution is 5.43. The van der Waals surface area contributed by atoms with Crippen molar-refractivity contribution in [3.05, 3.63) is 41.6 Å². The molecule has 0 radical (unpaired) electrons. The lowest BCUT2D eigenvalue weighted by molar-refractivity contribution is 0.414. The minimum absolute atomic E-state index is 0.514. The third-order valence-electron chi connectivity index (χ3n) is 4.65. The number of ether oxygens (including phenoxy) is 1. The second-order valence-electron chi connectivity index (χ2n) is 6.73. The molecule has 0 aliphatic heterocycles. The Morgan fingerprint density at radius 1 is 1.12 bits per heavy atom. The van der Waals surface area contributed by atoms with Crippen molar-refractivity contribution in [1.82, 2.24) is 9.97 Å². The van der Waals surface area contributed by atoms with Crippen LogP contribution in [0.1, 0.15) is 43.4 Å². The zero-order valence-corrected chi connectivity index (χ0v) is 15.2. The molecule has 5 nitrogen and oxygen atoms in total. The summed E-state index contributed by atoms with van der Waals surface area (Å²) in [7, 11) is 1.70. The summed E-state index contributed by atoms with van der Waals surface area (Å²) in [5.74, 6) is 2.53. The molecule has 1 aliphatic rings. The second kappa shape index (κ2) is 8.70. The molecule has 1 aliphatic carbocycles. The summed E-state index contributed by atoms with van der Waals surface area (Å²) in [6.45, 7) is 2.84. The number of nitrogens with zero attached hydrogens (tertiary/aromatic N) is 2. The largest absolute Gasteiger partial charge is 0.497 e. The molecule has 1 saturated carbocycles. The van der Waals surface area contributed by atoms with Crippen molar-refractivity contribution in [3.8, 4) is 5.75 Å². The van der Waals surface area contributed by atoms with Gasteiger partial charge in [0.05, 0.1) is 7.11 Å². The van der Waals surface area contributed by atoms with E-state index in [0.29, 0.717) is 6.04 Å². The highest BCUT2D eigenvalue weighted by atomic mass is 16.5. The van der Waals surface area contributed by atoms with Crippen LogP contribution in [0.3, 0.4) is 0 Å². The van der Waals surface area contributed by atoms with Gasteiger partial charge in [-0.15, -0.1) is 0 Å². The van der Waals surface area contributed by atoms with Crippen molar-refractivity contribution in [2.24, 2.45) is 0 Å². The SMILES string of the molecule is COc1cccc(CCNc2cc(C)nc(NC3CCCCC3)n2)c1. The molecular weight excluding hydrogens is 312 g/mol. The molecule has 2 N–H and O–H groups in total. The van der Waals surface area contributed by atoms with E-state index < -0.39 is 0 Å². The first kappa shape index (κ1) is 17.5. The van der Waals surface area contributed by atoms with Gasteiger partial charge in [0.1, 0.15) is 11.6 Å². The van der Waals surface area contributed by atoms with E-state index in [4.69, 9.17) is 4.74 Å². The molecule has 3 rings (SSSR count). The summed E-state index contributed by atoms with van der Waals surface area (Å²) in [5.41, 5.74) is 2.23. The van der Waals surface area contributed by atoms with Gasteiger partial charge in [-0.25, -0.2) is 4.98 Å². The molecule has 0 spiro atoms. The summed E-state index contributed by atoms with van der Waals surface area (Å²) < 4.78 is 5.27. The quantitative estimate of drug-likeness (QED) is 0.791. The molecular formula is C20H28N4O. The van der Waals surface area contributed by atoms with Gasteiger partial charge in [-0.2, -0.15) is 4.98 Å². The van der Waals surface area contributed by atoms with Gasteiger partial charge in [-0.1, -0.05) is 31.4 Å². The van der Waals surface area contributed by atoms with E-state index in [1.165, 1.54) is 37.7 Å². The lowest BCUT2D eigenvalue weighted by Gasteiger charge is -2.23. The van der Waals surface area contributed by atoms with Crippen LogP contribution >= 0.6 is 0 Å². The Kier molecular flexibility index (Phi) is 6.09. The van der Waals surface area contributed by atoms with Gasteiger partial charge in [0.2, 0.25) is 5.95 Å². The maximum absolute atomic E-state index is 5.27. The van der Waals surface area contributed by atoms with E-state index in [1.807, 2.05) is 25.1 Å². The highest BCUT2D eigenvalue weighted by Crippen LogP contribution is 2.21. The van der Waals surface area contributed by atoms with Gasteiger partial charge in [0.25, 0.3) is 0 Å². The Morgan fingerprint density at radius 3 is 2.76 bits per heavy atom. The molecule has 0 saturated heterocycles. The van der Waals surface area contributed by atoms with Crippen molar-refractivity contribution in [2.45, 2.75) is 51.5 Å². The Bertz CT molecular complexity index is 683. The van der Waals surface area contributed by atoms with Gasteiger partial charge in [0, 0.05) is 24.3 Å². The topological polar surface area (TPSA) is 59.1 Å². The van der Waals surface area contributed by atoms with Crippen LogP contribution in [-0.4, -0.2) is 29.7 Å². The van der Waals surface area contributed by atoms with Crippen molar-refractivity contribution >= 4 is 11.8 Å². The molecule has 2 aromatic rings. The average molecular weight is 340 g/mol. The first-order valence-corrected chi connectivity index (χ1v) is 9.22. The maximum atomic E-state index is 5.27. The van der Waals surface area contributed by atoms with Gasteiger partial charge in [-0.3, -0.25) is 0 Å². The summed E-state index contributed by atoms with van der Waals surface area (Å²) in [5, 5.41) is 6.92. The number of rotatable bonds is 7. The van der Waals surface area contributed by atoms with E-state index in [2.05, 4.69) is 32.7 Å². The third kappa shape index (κ3) is 5.34. The molecule has 1 aromatic heterocycles. The van der Waals surface area contributed by atoms with E-state index in [1.54, 1.807) is 7.11 Å². The van der Waals surface area contributed by atoms with Crippen molar-refractivity contribution < 1.29 is 4.74 Å². The molecule has 1 fully saturated rings. The standard InChI is InChI=1S/C20H28N4O/c1-15-13-19(21-12-11-16-7-6-10-18(14-16)25-2)24-20(22-15)23-17-8-4-3-5-9-17/h6-7,10,13-14,17H,3-5,8-9,11-12H2,1-2H3,(H2,21,22,23,24). The average Bonchev–Trinajstić information content (AvgIpc) is 2.62. The van der Waals surface area contributed by atoms with Crippen LogP contribution in [0.15, 0.2) is 30.3 Å². The first-order valence-electron chi connectivity index (χ1n) is 9.22. The van der Waals surface area contributed by atoms with E-state index in [9.17, 15) is 0 Å². The Labute approximate surface area is 150 Å². The van der Waals surface area contributed by atoms with Gasteiger partial charge in [0.15, 0.2) is 0 Å². The van der Waals surface area contributed by atoms with Crippen LogP contribution in [-0.2, 0) is 6.42 Å². The molecule has 134 valence electrons. The van der Waals surface area contributed by atoms with Crippen LogP contribution in [0.25, 0.3) is 0 Å². The van der Waals surface area contributed by atoms with Gasteiger partial charge < -0.3 is 15.4 Å². The third-order valence-corrected chi connectivity index (χ3v) is 4.65. The van der Waals surface area contributed by atoms with E-state index >= 15 is 0 Å². The normalized spacial score (nSPS) is 15.0. The Balaban J connectivity index is 1.56. The highest BCUT2D eigenvalue weighted by Gasteiger charge is 2.14. The number of hydrogen-bond acceptors (Lipinski definition) is 5. The minimum atomic E-state index is 0.514. The summed E-state index contributed by atoms with van der Waals surface area (Å²) >= 11 is 0. The van der Waals surface area contributed by atoms with Crippen molar-refractivity contribution in [2.75, 3.05) is 24.3 Å². The molecule has 5 heteroatoms. The van der Waals surface area contributed by atoms with Crippen LogP contribution in [0.5, 0.6) is 5.75 Å².